The number of hydrogen-bond donors (Lipinski definition) is 2. The minimum Gasteiger partial charge on any atom is -0.370 e. The average molecular weight is 301 g/mol. The topological polar surface area (TPSA) is 86.9 Å². The summed E-state index contributed by atoms with van der Waals surface area (Å²) in [6.45, 7) is 0.329. The third kappa shape index (κ3) is 2.23. The molecule has 1 amide bonds. The monoisotopic (exact) mass is 300 g/mol. The third-order valence-electron chi connectivity index (χ3n) is 2.40. The molecule has 0 aliphatic rings. The van der Waals surface area contributed by atoms with Crippen molar-refractivity contribution in [1.82, 2.24) is 9.55 Å². The van der Waals surface area contributed by atoms with E-state index in [1.165, 1.54) is 6.07 Å². The summed E-state index contributed by atoms with van der Waals surface area (Å²) in [5.41, 5.74) is 11.9. The van der Waals surface area contributed by atoms with E-state index in [9.17, 15) is 9.18 Å². The molecule has 7 heteroatoms. The number of benzene rings is 1. The van der Waals surface area contributed by atoms with E-state index in [1.807, 2.05) is 0 Å². The number of amides is 1. The number of aromatic nitrogens is 2. The first-order valence-electron chi connectivity index (χ1n) is 4.88. The number of halogens is 2. The van der Waals surface area contributed by atoms with Crippen LogP contribution in [0.4, 0.5) is 10.3 Å². The van der Waals surface area contributed by atoms with Crippen molar-refractivity contribution in [3.8, 4) is 0 Å². The van der Waals surface area contributed by atoms with Crippen LogP contribution in [0.25, 0.3) is 11.0 Å². The van der Waals surface area contributed by atoms with E-state index < -0.39 is 11.7 Å². The van der Waals surface area contributed by atoms with E-state index in [-0.39, 0.29) is 12.4 Å². The molecule has 0 radical (unpaired) electrons. The van der Waals surface area contributed by atoms with Gasteiger partial charge in [-0.3, -0.25) is 4.79 Å². The largest absolute Gasteiger partial charge is 0.370 e. The highest BCUT2D eigenvalue weighted by molar-refractivity contribution is 9.10. The quantitative estimate of drug-likeness (QED) is 0.898. The smallest absolute Gasteiger partial charge is 0.219 e. The number of primary amides is 1. The van der Waals surface area contributed by atoms with Crippen LogP contribution in [0.3, 0.4) is 0 Å². The van der Waals surface area contributed by atoms with Crippen LogP contribution in [0.2, 0.25) is 0 Å². The molecular weight excluding hydrogens is 291 g/mol. The zero-order valence-electron chi connectivity index (χ0n) is 8.78. The van der Waals surface area contributed by atoms with E-state index in [4.69, 9.17) is 11.5 Å². The standard InChI is InChI=1S/C10H10BrFN4O/c11-5-3-8-7(4-6(5)12)15-10(14)16(8)2-1-9(13)17/h3-4H,1-2H2,(H2,13,17)(H2,14,15). The lowest BCUT2D eigenvalue weighted by atomic mass is 10.3. The molecule has 0 aliphatic heterocycles. The molecule has 90 valence electrons. The lowest BCUT2D eigenvalue weighted by Gasteiger charge is -2.04. The van der Waals surface area contributed by atoms with Gasteiger partial charge in [0.15, 0.2) is 0 Å². The van der Waals surface area contributed by atoms with Crippen LogP contribution >= 0.6 is 15.9 Å². The van der Waals surface area contributed by atoms with Crippen molar-refractivity contribution in [3.63, 3.8) is 0 Å². The van der Waals surface area contributed by atoms with Gasteiger partial charge in [-0.25, -0.2) is 9.37 Å². The highest BCUT2D eigenvalue weighted by Crippen LogP contribution is 2.25. The highest BCUT2D eigenvalue weighted by Gasteiger charge is 2.11. The zero-order chi connectivity index (χ0) is 12.6. The van der Waals surface area contributed by atoms with E-state index in [2.05, 4.69) is 20.9 Å². The molecule has 0 saturated carbocycles. The Bertz CT molecular complexity index is 595. The van der Waals surface area contributed by atoms with Crippen molar-refractivity contribution in [1.29, 1.82) is 0 Å². The van der Waals surface area contributed by atoms with Crippen LogP contribution < -0.4 is 11.5 Å². The number of anilines is 1. The predicted octanol–water partition coefficient (Wildman–Crippen LogP) is 1.40. The van der Waals surface area contributed by atoms with Gasteiger partial charge >= 0.3 is 0 Å². The lowest BCUT2D eigenvalue weighted by molar-refractivity contribution is -0.118. The van der Waals surface area contributed by atoms with Gasteiger partial charge in [0, 0.05) is 19.0 Å². The Kier molecular flexibility index (Phi) is 3.01. The SMILES string of the molecule is NC(=O)CCn1c(N)nc2cc(F)c(Br)cc21. The minimum atomic E-state index is -0.424. The summed E-state index contributed by atoms with van der Waals surface area (Å²) in [4.78, 5) is 14.8. The summed E-state index contributed by atoms with van der Waals surface area (Å²) in [7, 11) is 0. The van der Waals surface area contributed by atoms with Crippen LogP contribution in [0.15, 0.2) is 16.6 Å². The molecule has 0 unspecified atom stereocenters. The first kappa shape index (κ1) is 11.8. The van der Waals surface area contributed by atoms with Crippen LogP contribution in [0, 0.1) is 5.82 Å². The fourth-order valence-corrected chi connectivity index (χ4v) is 1.93. The Morgan fingerprint density at radius 1 is 1.53 bits per heavy atom. The molecule has 2 rings (SSSR count). The van der Waals surface area contributed by atoms with E-state index >= 15 is 0 Å². The molecule has 2 aromatic rings. The van der Waals surface area contributed by atoms with Crippen LogP contribution in [-0.4, -0.2) is 15.5 Å². The predicted molar refractivity (Wildman–Crippen MR) is 65.6 cm³/mol. The van der Waals surface area contributed by atoms with Crippen molar-refractivity contribution in [3.05, 3.63) is 22.4 Å². The molecule has 0 aliphatic carbocycles. The van der Waals surface area contributed by atoms with Crippen LogP contribution in [0.1, 0.15) is 6.42 Å². The molecule has 0 atom stereocenters. The van der Waals surface area contributed by atoms with Gasteiger partial charge in [0.25, 0.3) is 0 Å². The second-order valence-corrected chi connectivity index (χ2v) is 4.45. The van der Waals surface area contributed by atoms with E-state index in [0.29, 0.717) is 22.1 Å². The van der Waals surface area contributed by atoms with Gasteiger partial charge in [0.1, 0.15) is 5.82 Å². The fourth-order valence-electron chi connectivity index (χ4n) is 1.60. The van der Waals surface area contributed by atoms with Crippen LogP contribution in [-0.2, 0) is 11.3 Å². The number of hydrogen-bond acceptors (Lipinski definition) is 3. The summed E-state index contributed by atoms with van der Waals surface area (Å²) >= 11 is 3.09. The van der Waals surface area contributed by atoms with Crippen molar-refractivity contribution in [2.45, 2.75) is 13.0 Å². The highest BCUT2D eigenvalue weighted by atomic mass is 79.9. The second kappa shape index (κ2) is 4.33. The van der Waals surface area contributed by atoms with Crippen molar-refractivity contribution < 1.29 is 9.18 Å². The molecular formula is C10H10BrFN4O. The normalized spacial score (nSPS) is 10.9. The summed E-state index contributed by atoms with van der Waals surface area (Å²) in [6.07, 6.45) is 0.157. The van der Waals surface area contributed by atoms with Gasteiger partial charge in [-0.15, -0.1) is 0 Å². The molecule has 5 nitrogen and oxygen atoms in total. The molecule has 4 N–H and O–H groups in total. The minimum absolute atomic E-state index is 0.157. The number of fused-ring (bicyclic) bond motifs is 1. The lowest BCUT2D eigenvalue weighted by Crippen LogP contribution is -2.14. The van der Waals surface area contributed by atoms with Gasteiger partial charge < -0.3 is 16.0 Å². The zero-order valence-corrected chi connectivity index (χ0v) is 10.4. The van der Waals surface area contributed by atoms with E-state index in [0.717, 1.165) is 0 Å². The molecule has 1 aromatic carbocycles. The number of nitrogen functional groups attached to an aromatic ring is 1. The Hall–Kier alpha value is -1.63. The number of aryl methyl sites for hydroxylation is 1. The number of carbonyl (C=O) groups excluding carboxylic acids is 1. The number of nitrogens with two attached hydrogens (primary N) is 2. The summed E-state index contributed by atoms with van der Waals surface area (Å²) in [5.74, 6) is -0.594. The van der Waals surface area contributed by atoms with Crippen molar-refractivity contribution in [2.24, 2.45) is 5.73 Å². The summed E-state index contributed by atoms with van der Waals surface area (Å²) in [5, 5.41) is 0. The fraction of sp³-hybridized carbons (Fsp3) is 0.200. The van der Waals surface area contributed by atoms with Gasteiger partial charge in [0.05, 0.1) is 15.5 Å². The Morgan fingerprint density at radius 2 is 2.24 bits per heavy atom. The van der Waals surface area contributed by atoms with Crippen molar-refractivity contribution >= 4 is 38.8 Å². The maximum absolute atomic E-state index is 13.3. The molecule has 0 saturated heterocycles. The van der Waals surface area contributed by atoms with Gasteiger partial charge in [-0.05, 0) is 22.0 Å². The Balaban J connectivity index is 2.50. The Morgan fingerprint density at radius 3 is 2.88 bits per heavy atom. The van der Waals surface area contributed by atoms with Gasteiger partial charge in [-0.1, -0.05) is 0 Å². The Labute approximate surface area is 105 Å². The molecule has 0 spiro atoms. The van der Waals surface area contributed by atoms with Crippen LogP contribution in [0.5, 0.6) is 0 Å². The summed E-state index contributed by atoms with van der Waals surface area (Å²) < 4.78 is 15.2. The van der Waals surface area contributed by atoms with E-state index in [1.54, 1.807) is 10.6 Å². The van der Waals surface area contributed by atoms with Gasteiger partial charge in [-0.2, -0.15) is 0 Å². The molecule has 17 heavy (non-hydrogen) atoms. The summed E-state index contributed by atoms with van der Waals surface area (Å²) in [6, 6.07) is 2.87. The number of imidazole rings is 1. The molecule has 1 aromatic heterocycles. The number of nitrogens with zero attached hydrogens (tertiary/aromatic N) is 2. The van der Waals surface area contributed by atoms with Crippen molar-refractivity contribution in [2.75, 3.05) is 5.73 Å². The number of rotatable bonds is 3. The third-order valence-corrected chi connectivity index (χ3v) is 3.01. The first-order valence-corrected chi connectivity index (χ1v) is 5.67. The number of carbonyl (C=O) groups is 1. The molecule has 0 fully saturated rings. The van der Waals surface area contributed by atoms with Gasteiger partial charge in [0.2, 0.25) is 11.9 Å². The first-order chi connectivity index (χ1) is 7.99. The maximum atomic E-state index is 13.3. The molecule has 1 heterocycles. The maximum Gasteiger partial charge on any atom is 0.219 e. The average Bonchev–Trinajstić information content (AvgIpc) is 2.52. The molecule has 0 bridgehead atoms. The second-order valence-electron chi connectivity index (χ2n) is 3.59.